The number of hydrogen-bond donors (Lipinski definition) is 0. The molecule has 0 nitrogen and oxygen atoms in total. The molecule has 0 aromatic carbocycles. The van der Waals surface area contributed by atoms with Crippen molar-refractivity contribution in [2.75, 3.05) is 0 Å². The highest BCUT2D eigenvalue weighted by Crippen LogP contribution is 2.63. The Bertz CT molecular complexity index is 345. The van der Waals surface area contributed by atoms with Gasteiger partial charge in [-0.1, -0.05) is 28.8 Å². The third-order valence-corrected chi connectivity index (χ3v) is 6.58. The summed E-state index contributed by atoms with van der Waals surface area (Å²) in [5.41, 5.74) is 0. The average Bonchev–Trinajstić information content (AvgIpc) is 2.82. The maximum absolute atomic E-state index is 3.93. The van der Waals surface area contributed by atoms with Crippen molar-refractivity contribution in [3.63, 3.8) is 0 Å². The molecule has 0 radical (unpaired) electrons. The highest BCUT2D eigenvalue weighted by Gasteiger charge is 2.53. The topological polar surface area (TPSA) is 0 Å². The van der Waals surface area contributed by atoms with Crippen molar-refractivity contribution in [2.24, 2.45) is 17.8 Å². The van der Waals surface area contributed by atoms with Gasteiger partial charge < -0.3 is 0 Å². The van der Waals surface area contributed by atoms with Crippen LogP contribution in [0.25, 0.3) is 0 Å². The Morgan fingerprint density at radius 3 is 2.47 bits per heavy atom. The first-order valence-electron chi connectivity index (χ1n) is 5.98. The standard InChI is InChI=1S/C13H17BrS/c1-8-6-7-11(15-8)13(14)12-9-4-2-3-5-10(9)12/h6-7,9-10,12-13H,2-5H2,1H3. The minimum absolute atomic E-state index is 0.643. The summed E-state index contributed by atoms with van der Waals surface area (Å²) in [6.45, 7) is 2.20. The van der Waals surface area contributed by atoms with Crippen LogP contribution in [0.3, 0.4) is 0 Å². The second kappa shape index (κ2) is 3.89. The summed E-state index contributed by atoms with van der Waals surface area (Å²) in [5.74, 6) is 3.04. The van der Waals surface area contributed by atoms with E-state index in [1.54, 1.807) is 4.88 Å². The van der Waals surface area contributed by atoms with Crippen LogP contribution in [0.15, 0.2) is 12.1 Å². The van der Waals surface area contributed by atoms with Crippen LogP contribution in [-0.2, 0) is 0 Å². The van der Waals surface area contributed by atoms with Gasteiger partial charge >= 0.3 is 0 Å². The van der Waals surface area contributed by atoms with Crippen LogP contribution >= 0.6 is 27.3 Å². The minimum Gasteiger partial charge on any atom is -0.145 e. The Balaban J connectivity index is 1.73. The van der Waals surface area contributed by atoms with Gasteiger partial charge in [-0.3, -0.25) is 0 Å². The molecule has 82 valence electrons. The van der Waals surface area contributed by atoms with Gasteiger partial charge in [0.25, 0.3) is 0 Å². The minimum atomic E-state index is 0.643. The van der Waals surface area contributed by atoms with Crippen LogP contribution in [0.4, 0.5) is 0 Å². The van der Waals surface area contributed by atoms with Gasteiger partial charge in [-0.25, -0.2) is 0 Å². The van der Waals surface area contributed by atoms with Crippen LogP contribution in [0, 0.1) is 24.7 Å². The zero-order valence-electron chi connectivity index (χ0n) is 9.08. The zero-order valence-corrected chi connectivity index (χ0v) is 11.5. The lowest BCUT2D eigenvalue weighted by Crippen LogP contribution is -1.91. The first-order valence-corrected chi connectivity index (χ1v) is 7.71. The molecule has 0 bridgehead atoms. The SMILES string of the molecule is Cc1ccc(C(Br)C2C3CCCCC32)s1. The fourth-order valence-corrected chi connectivity index (χ4v) is 5.40. The second-order valence-electron chi connectivity index (χ2n) is 5.04. The van der Waals surface area contributed by atoms with Gasteiger partial charge in [0, 0.05) is 9.75 Å². The van der Waals surface area contributed by atoms with E-state index < -0.39 is 0 Å². The van der Waals surface area contributed by atoms with Crippen molar-refractivity contribution < 1.29 is 0 Å². The maximum atomic E-state index is 3.93. The lowest BCUT2D eigenvalue weighted by atomic mass is 10.0. The third kappa shape index (κ3) is 1.80. The van der Waals surface area contributed by atoms with Crippen LogP contribution in [0.5, 0.6) is 0 Å². The van der Waals surface area contributed by atoms with Gasteiger partial charge in [0.2, 0.25) is 0 Å². The van der Waals surface area contributed by atoms with Crippen LogP contribution in [0.2, 0.25) is 0 Å². The Hall–Kier alpha value is 0.180. The van der Waals surface area contributed by atoms with E-state index in [1.807, 2.05) is 11.3 Å². The Morgan fingerprint density at radius 2 is 1.93 bits per heavy atom. The van der Waals surface area contributed by atoms with E-state index in [0.717, 1.165) is 17.8 Å². The molecule has 0 saturated heterocycles. The third-order valence-electron chi connectivity index (χ3n) is 4.09. The largest absolute Gasteiger partial charge is 0.145 e. The molecule has 3 atom stereocenters. The molecule has 0 aliphatic heterocycles. The molecule has 2 saturated carbocycles. The number of alkyl halides is 1. The van der Waals surface area contributed by atoms with Gasteiger partial charge in [0.05, 0.1) is 4.83 Å². The zero-order chi connectivity index (χ0) is 10.4. The molecule has 2 aliphatic rings. The smallest absolute Gasteiger partial charge is 0.0522 e. The van der Waals surface area contributed by atoms with E-state index in [9.17, 15) is 0 Å². The first kappa shape index (κ1) is 10.3. The van der Waals surface area contributed by atoms with Crippen LogP contribution in [0.1, 0.15) is 40.3 Å². The molecular weight excluding hydrogens is 268 g/mol. The van der Waals surface area contributed by atoms with E-state index in [4.69, 9.17) is 0 Å². The maximum Gasteiger partial charge on any atom is 0.0522 e. The van der Waals surface area contributed by atoms with Gasteiger partial charge in [-0.15, -0.1) is 11.3 Å². The molecule has 15 heavy (non-hydrogen) atoms. The molecule has 1 aromatic heterocycles. The predicted molar refractivity (Wildman–Crippen MR) is 69.7 cm³/mol. The van der Waals surface area contributed by atoms with E-state index in [0.29, 0.717) is 4.83 Å². The lowest BCUT2D eigenvalue weighted by molar-refractivity contribution is 0.480. The number of halogens is 1. The van der Waals surface area contributed by atoms with Crippen molar-refractivity contribution >= 4 is 27.3 Å². The molecule has 1 heterocycles. The molecule has 3 unspecified atom stereocenters. The van der Waals surface area contributed by atoms with Crippen molar-refractivity contribution in [3.8, 4) is 0 Å². The van der Waals surface area contributed by atoms with Gasteiger partial charge in [-0.05, 0) is 49.7 Å². The van der Waals surface area contributed by atoms with Crippen molar-refractivity contribution in [3.05, 3.63) is 21.9 Å². The summed E-state index contributed by atoms with van der Waals surface area (Å²) in [5, 5.41) is 0. The summed E-state index contributed by atoms with van der Waals surface area (Å²) in [6, 6.07) is 4.56. The normalized spacial score (nSPS) is 36.0. The average molecular weight is 285 g/mol. The summed E-state index contributed by atoms with van der Waals surface area (Å²) < 4.78 is 0. The number of fused-ring (bicyclic) bond motifs is 1. The Labute approximate surface area is 104 Å². The number of rotatable bonds is 2. The number of hydrogen-bond acceptors (Lipinski definition) is 1. The van der Waals surface area contributed by atoms with E-state index in [2.05, 4.69) is 35.0 Å². The molecule has 0 N–H and O–H groups in total. The second-order valence-corrected chi connectivity index (χ2v) is 7.35. The molecule has 3 rings (SSSR count). The highest BCUT2D eigenvalue weighted by atomic mass is 79.9. The molecule has 0 amide bonds. The summed E-state index contributed by atoms with van der Waals surface area (Å²) in [7, 11) is 0. The van der Waals surface area contributed by atoms with Crippen molar-refractivity contribution in [2.45, 2.75) is 37.4 Å². The van der Waals surface area contributed by atoms with Gasteiger partial charge in [-0.2, -0.15) is 0 Å². The molecule has 2 fully saturated rings. The van der Waals surface area contributed by atoms with E-state index >= 15 is 0 Å². The van der Waals surface area contributed by atoms with Crippen LogP contribution < -0.4 is 0 Å². The summed E-state index contributed by atoms with van der Waals surface area (Å²) in [4.78, 5) is 3.63. The van der Waals surface area contributed by atoms with Crippen molar-refractivity contribution in [1.82, 2.24) is 0 Å². The molecule has 2 aliphatic carbocycles. The van der Waals surface area contributed by atoms with E-state index in [-0.39, 0.29) is 0 Å². The number of thiophene rings is 1. The van der Waals surface area contributed by atoms with Gasteiger partial charge in [0.1, 0.15) is 0 Å². The highest BCUT2D eigenvalue weighted by molar-refractivity contribution is 9.09. The fourth-order valence-electron chi connectivity index (χ4n) is 3.27. The summed E-state index contributed by atoms with van der Waals surface area (Å²) >= 11 is 5.89. The van der Waals surface area contributed by atoms with Gasteiger partial charge in [0.15, 0.2) is 0 Å². The van der Waals surface area contributed by atoms with Crippen molar-refractivity contribution in [1.29, 1.82) is 0 Å². The monoisotopic (exact) mass is 284 g/mol. The van der Waals surface area contributed by atoms with Crippen LogP contribution in [-0.4, -0.2) is 0 Å². The number of aryl methyl sites for hydroxylation is 1. The molecular formula is C13H17BrS. The quantitative estimate of drug-likeness (QED) is 0.676. The Kier molecular flexibility index (Phi) is 2.68. The summed E-state index contributed by atoms with van der Waals surface area (Å²) in [6.07, 6.45) is 5.92. The fraction of sp³-hybridized carbons (Fsp3) is 0.692. The van der Waals surface area contributed by atoms with E-state index in [1.165, 1.54) is 30.6 Å². The predicted octanol–water partition coefficient (Wildman–Crippen LogP) is 4.93. The molecule has 2 heteroatoms. The first-order chi connectivity index (χ1) is 7.27. The molecule has 1 aromatic rings. The Morgan fingerprint density at radius 1 is 1.27 bits per heavy atom. The molecule has 0 spiro atoms. The lowest BCUT2D eigenvalue weighted by Gasteiger charge is -2.05.